The number of benzene rings is 3. The number of hydrazone groups is 1. The van der Waals surface area contributed by atoms with Crippen molar-refractivity contribution in [1.29, 1.82) is 0 Å². The molecule has 224 valence electrons. The van der Waals surface area contributed by atoms with Crippen LogP contribution in [-0.2, 0) is 20.9 Å². The Balaban J connectivity index is 1.37. The Morgan fingerprint density at radius 3 is 2.63 bits per heavy atom. The molecule has 1 aliphatic heterocycles. The third-order valence-corrected chi connectivity index (χ3v) is 7.68. The van der Waals surface area contributed by atoms with Gasteiger partial charge < -0.3 is 24.8 Å². The predicted molar refractivity (Wildman–Crippen MR) is 176 cm³/mol. The molecule has 0 bridgehead atoms. The van der Waals surface area contributed by atoms with Crippen LogP contribution in [0.5, 0.6) is 11.5 Å². The van der Waals surface area contributed by atoms with Crippen molar-refractivity contribution in [3.63, 3.8) is 0 Å². The van der Waals surface area contributed by atoms with Crippen molar-refractivity contribution in [2.75, 3.05) is 13.2 Å². The molecule has 3 N–H and O–H groups in total. The van der Waals surface area contributed by atoms with Crippen LogP contribution >= 0.6 is 50.7 Å². The lowest BCUT2D eigenvalue weighted by molar-refractivity contribution is -0.139. The topological polar surface area (TPSA) is 110 Å². The van der Waals surface area contributed by atoms with Gasteiger partial charge in [0.2, 0.25) is 0 Å². The van der Waals surface area contributed by atoms with Gasteiger partial charge in [0, 0.05) is 11.3 Å². The second kappa shape index (κ2) is 15.3. The first-order valence-corrected chi connectivity index (χ1v) is 15.3. The Bertz CT molecular complexity index is 1560. The van der Waals surface area contributed by atoms with Crippen LogP contribution in [0.4, 0.5) is 4.39 Å². The normalized spacial score (nSPS) is 14.6. The molecule has 0 saturated carbocycles. The highest BCUT2D eigenvalue weighted by Gasteiger charge is 2.32. The molecule has 0 fully saturated rings. The molecule has 0 unspecified atom stereocenters. The summed E-state index contributed by atoms with van der Waals surface area (Å²) in [5.41, 5.74) is 5.57. The number of rotatable bonds is 11. The van der Waals surface area contributed by atoms with Gasteiger partial charge in [0.15, 0.2) is 11.7 Å². The van der Waals surface area contributed by atoms with Gasteiger partial charge in [0.25, 0.3) is 5.91 Å². The molecule has 13 heteroatoms. The quantitative estimate of drug-likeness (QED) is 0.0753. The van der Waals surface area contributed by atoms with E-state index >= 15 is 0 Å². The van der Waals surface area contributed by atoms with Crippen LogP contribution in [0.25, 0.3) is 0 Å². The Morgan fingerprint density at radius 2 is 1.91 bits per heavy atom. The van der Waals surface area contributed by atoms with Crippen molar-refractivity contribution >= 4 is 73.9 Å². The summed E-state index contributed by atoms with van der Waals surface area (Å²) in [6.45, 7) is 3.66. The molecule has 3 aromatic carbocycles. The Morgan fingerprint density at radius 1 is 1.16 bits per heavy atom. The summed E-state index contributed by atoms with van der Waals surface area (Å²) in [5, 5.41) is 10.4. The third kappa shape index (κ3) is 8.74. The van der Waals surface area contributed by atoms with E-state index in [4.69, 9.17) is 26.4 Å². The van der Waals surface area contributed by atoms with Crippen molar-refractivity contribution in [2.45, 2.75) is 26.5 Å². The molecule has 43 heavy (non-hydrogen) atoms. The molecular weight excluding hydrogens is 754 g/mol. The summed E-state index contributed by atoms with van der Waals surface area (Å²) in [6.07, 6.45) is 1.50. The fourth-order valence-electron chi connectivity index (χ4n) is 4.14. The molecular formula is C30H27BrFIN4O5S. The van der Waals surface area contributed by atoms with E-state index in [1.807, 2.05) is 6.07 Å². The standard InChI is InChI=1S/C30H27BrFIN4O5S/c1-3-40-29(39)26-17(2)35-30(43)36-27(26)21-6-4-5-7-24(21)41-16-25(38)37-34-14-19-12-22(31)28(23(33)13-19)42-15-18-8-10-20(32)11-9-18/h4-14,27H,3,15-16H2,1-2H3,(H,37,38)(H2,35,36,43)/t27-/m0/s1. The van der Waals surface area contributed by atoms with Gasteiger partial charge in [0.1, 0.15) is 23.9 Å². The molecule has 1 amide bonds. The van der Waals surface area contributed by atoms with Gasteiger partial charge in [-0.3, -0.25) is 4.79 Å². The molecule has 4 rings (SSSR count). The molecule has 0 saturated heterocycles. The van der Waals surface area contributed by atoms with Crippen LogP contribution < -0.4 is 25.5 Å². The molecule has 0 aliphatic carbocycles. The lowest BCUT2D eigenvalue weighted by Crippen LogP contribution is -2.45. The van der Waals surface area contributed by atoms with Crippen LogP contribution in [-0.4, -0.2) is 36.4 Å². The number of carbonyl (C=O) groups excluding carboxylic acids is 2. The number of allylic oxidation sites excluding steroid dienone is 1. The molecule has 1 atom stereocenters. The summed E-state index contributed by atoms with van der Waals surface area (Å²) in [4.78, 5) is 25.3. The largest absolute Gasteiger partial charge is 0.487 e. The van der Waals surface area contributed by atoms with E-state index in [0.717, 1.165) is 14.7 Å². The van der Waals surface area contributed by atoms with Gasteiger partial charge in [-0.15, -0.1) is 0 Å². The molecule has 0 radical (unpaired) electrons. The summed E-state index contributed by atoms with van der Waals surface area (Å²) < 4.78 is 31.7. The van der Waals surface area contributed by atoms with Gasteiger partial charge in [-0.25, -0.2) is 14.6 Å². The van der Waals surface area contributed by atoms with E-state index in [2.05, 4.69) is 59.7 Å². The van der Waals surface area contributed by atoms with E-state index in [1.165, 1.54) is 18.3 Å². The van der Waals surface area contributed by atoms with Gasteiger partial charge in [-0.05, 0) is 106 Å². The number of nitrogens with zero attached hydrogens (tertiary/aromatic N) is 1. The lowest BCUT2D eigenvalue weighted by atomic mass is 9.95. The number of hydrogen-bond acceptors (Lipinski definition) is 7. The smallest absolute Gasteiger partial charge is 0.338 e. The van der Waals surface area contributed by atoms with E-state index in [0.29, 0.717) is 37.9 Å². The van der Waals surface area contributed by atoms with Crippen LogP contribution in [0.1, 0.15) is 36.6 Å². The number of para-hydroxylation sites is 1. The highest BCUT2D eigenvalue weighted by atomic mass is 127. The number of amides is 1. The number of carbonyl (C=O) groups is 2. The monoisotopic (exact) mass is 780 g/mol. The zero-order valence-corrected chi connectivity index (χ0v) is 27.6. The maximum Gasteiger partial charge on any atom is 0.338 e. The number of halogens is 3. The summed E-state index contributed by atoms with van der Waals surface area (Å²) in [5.74, 6) is -0.233. The zero-order chi connectivity index (χ0) is 30.9. The number of ether oxygens (including phenoxy) is 3. The van der Waals surface area contributed by atoms with Crippen LogP contribution in [0.2, 0.25) is 0 Å². The minimum absolute atomic E-state index is 0.219. The Hall–Kier alpha value is -3.56. The maximum absolute atomic E-state index is 13.1. The van der Waals surface area contributed by atoms with Gasteiger partial charge >= 0.3 is 5.97 Å². The first-order chi connectivity index (χ1) is 20.7. The lowest BCUT2D eigenvalue weighted by Gasteiger charge is -2.30. The van der Waals surface area contributed by atoms with Crippen molar-refractivity contribution in [2.24, 2.45) is 5.10 Å². The number of thiocarbonyl (C=S) groups is 1. The van der Waals surface area contributed by atoms with Crippen LogP contribution in [0.15, 0.2) is 81.5 Å². The minimum atomic E-state index is -0.631. The second-order valence-electron chi connectivity index (χ2n) is 9.14. The summed E-state index contributed by atoms with van der Waals surface area (Å²) >= 11 is 11.0. The SMILES string of the molecule is CCOC(=O)C1=C(C)NC(=S)N[C@H]1c1ccccc1OCC(=O)NN=Cc1cc(Br)c(OCc2ccc(F)cc2)c(I)c1. The molecule has 3 aromatic rings. The van der Waals surface area contributed by atoms with E-state index in [-0.39, 0.29) is 25.6 Å². The number of nitrogens with one attached hydrogen (secondary N) is 3. The maximum atomic E-state index is 13.1. The summed E-state index contributed by atoms with van der Waals surface area (Å²) in [6, 6.07) is 16.2. The van der Waals surface area contributed by atoms with Gasteiger partial charge in [-0.1, -0.05) is 30.3 Å². The first-order valence-electron chi connectivity index (χ1n) is 13.0. The Labute approximate surface area is 275 Å². The molecule has 0 spiro atoms. The number of esters is 1. The Kier molecular flexibility index (Phi) is 11.5. The number of hydrogen-bond donors (Lipinski definition) is 3. The van der Waals surface area contributed by atoms with E-state index < -0.39 is 17.9 Å². The van der Waals surface area contributed by atoms with E-state index in [1.54, 1.807) is 56.3 Å². The van der Waals surface area contributed by atoms with Crippen molar-refractivity contribution < 1.29 is 28.2 Å². The molecule has 0 aromatic heterocycles. The van der Waals surface area contributed by atoms with Crippen molar-refractivity contribution in [3.05, 3.63) is 102 Å². The molecule has 1 aliphatic rings. The zero-order valence-electron chi connectivity index (χ0n) is 23.1. The average molecular weight is 781 g/mol. The van der Waals surface area contributed by atoms with Gasteiger partial charge in [-0.2, -0.15) is 5.10 Å². The fourth-order valence-corrected chi connectivity index (χ4v) is 6.18. The minimum Gasteiger partial charge on any atom is -0.487 e. The van der Waals surface area contributed by atoms with Crippen molar-refractivity contribution in [1.82, 2.24) is 16.1 Å². The predicted octanol–water partition coefficient (Wildman–Crippen LogP) is 5.66. The van der Waals surface area contributed by atoms with Crippen LogP contribution in [0.3, 0.4) is 0 Å². The van der Waals surface area contributed by atoms with Crippen molar-refractivity contribution in [3.8, 4) is 11.5 Å². The highest BCUT2D eigenvalue weighted by molar-refractivity contribution is 14.1. The molecule has 1 heterocycles. The van der Waals surface area contributed by atoms with E-state index in [9.17, 15) is 14.0 Å². The first kappa shape index (κ1) is 32.4. The molecule has 9 nitrogen and oxygen atoms in total. The third-order valence-electron chi connectivity index (χ3n) is 6.07. The fraction of sp³-hybridized carbons (Fsp3) is 0.200. The highest BCUT2D eigenvalue weighted by Crippen LogP contribution is 2.34. The summed E-state index contributed by atoms with van der Waals surface area (Å²) in [7, 11) is 0. The van der Waals surface area contributed by atoms with Crippen LogP contribution in [0, 0.1) is 9.39 Å². The van der Waals surface area contributed by atoms with Gasteiger partial charge in [0.05, 0.1) is 32.5 Å². The average Bonchev–Trinajstić information content (AvgIpc) is 2.96. The second-order valence-corrected chi connectivity index (χ2v) is 11.6.